The Balaban J connectivity index is 2.76. The van der Waals surface area contributed by atoms with Gasteiger partial charge in [0.2, 0.25) is 0 Å². The van der Waals surface area contributed by atoms with Gasteiger partial charge in [-0.3, -0.25) is 4.79 Å². The number of rotatable bonds is 5. The zero-order valence-electron chi connectivity index (χ0n) is 11.4. The molecule has 4 nitrogen and oxygen atoms in total. The summed E-state index contributed by atoms with van der Waals surface area (Å²) in [4.78, 5) is 11.6. The number of aliphatic hydroxyl groups is 1. The van der Waals surface area contributed by atoms with Crippen molar-refractivity contribution in [3.63, 3.8) is 0 Å². The zero-order chi connectivity index (χ0) is 13.7. The van der Waals surface area contributed by atoms with Crippen LogP contribution >= 0.6 is 0 Å². The highest BCUT2D eigenvalue weighted by atomic mass is 16.5. The lowest BCUT2D eigenvalue weighted by molar-refractivity contribution is -0.127. The van der Waals surface area contributed by atoms with Crippen molar-refractivity contribution in [1.82, 2.24) is 5.32 Å². The van der Waals surface area contributed by atoms with Crippen LogP contribution < -0.4 is 10.1 Å². The molecular formula is C14H21NO3. The fourth-order valence-corrected chi connectivity index (χ4v) is 1.63. The lowest BCUT2D eigenvalue weighted by atomic mass is 10.1. The molecule has 1 aromatic rings. The molecule has 2 unspecified atom stereocenters. The van der Waals surface area contributed by atoms with Crippen LogP contribution in [0.2, 0.25) is 0 Å². The number of hydrogen-bond donors (Lipinski definition) is 2. The molecule has 0 aliphatic carbocycles. The second kappa shape index (κ2) is 6.40. The Labute approximate surface area is 108 Å². The van der Waals surface area contributed by atoms with Gasteiger partial charge in [0.1, 0.15) is 5.75 Å². The SMILES string of the molecule is CCNC(=O)C(C)Oc1ccc(C(C)O)cc1C. The Morgan fingerprint density at radius 2 is 2.11 bits per heavy atom. The number of likely N-dealkylation sites (N-methyl/N-ethyl adjacent to an activating group) is 1. The molecule has 2 atom stereocenters. The quantitative estimate of drug-likeness (QED) is 0.841. The van der Waals surface area contributed by atoms with Crippen molar-refractivity contribution in [2.24, 2.45) is 0 Å². The number of carbonyl (C=O) groups is 1. The van der Waals surface area contributed by atoms with Gasteiger partial charge in [0.05, 0.1) is 6.10 Å². The van der Waals surface area contributed by atoms with Gasteiger partial charge in [-0.25, -0.2) is 0 Å². The lowest BCUT2D eigenvalue weighted by Gasteiger charge is -2.16. The zero-order valence-corrected chi connectivity index (χ0v) is 11.4. The molecule has 0 saturated carbocycles. The van der Waals surface area contributed by atoms with E-state index >= 15 is 0 Å². The summed E-state index contributed by atoms with van der Waals surface area (Å²) in [6, 6.07) is 5.45. The van der Waals surface area contributed by atoms with E-state index in [4.69, 9.17) is 4.74 Å². The van der Waals surface area contributed by atoms with Crippen molar-refractivity contribution in [3.05, 3.63) is 29.3 Å². The minimum atomic E-state index is -0.527. The highest BCUT2D eigenvalue weighted by Gasteiger charge is 2.15. The number of hydrogen-bond acceptors (Lipinski definition) is 3. The third kappa shape index (κ3) is 3.74. The minimum absolute atomic E-state index is 0.128. The second-order valence-corrected chi connectivity index (χ2v) is 4.36. The van der Waals surface area contributed by atoms with Gasteiger partial charge < -0.3 is 15.2 Å². The molecule has 0 fully saturated rings. The summed E-state index contributed by atoms with van der Waals surface area (Å²) in [5.74, 6) is 0.537. The molecule has 100 valence electrons. The number of benzene rings is 1. The first-order valence-corrected chi connectivity index (χ1v) is 6.18. The molecule has 2 N–H and O–H groups in total. The molecular weight excluding hydrogens is 230 g/mol. The maximum atomic E-state index is 11.6. The number of amides is 1. The molecule has 0 aliphatic rings. The molecule has 18 heavy (non-hydrogen) atoms. The van der Waals surface area contributed by atoms with E-state index in [0.29, 0.717) is 12.3 Å². The summed E-state index contributed by atoms with van der Waals surface area (Å²) in [6.45, 7) is 7.78. The van der Waals surface area contributed by atoms with Crippen LogP contribution in [0.5, 0.6) is 5.75 Å². The topological polar surface area (TPSA) is 58.6 Å². The summed E-state index contributed by atoms with van der Waals surface area (Å²) >= 11 is 0. The Morgan fingerprint density at radius 1 is 1.44 bits per heavy atom. The number of aliphatic hydroxyl groups excluding tert-OH is 1. The van der Waals surface area contributed by atoms with Crippen LogP contribution in [0.4, 0.5) is 0 Å². The number of aryl methyl sites for hydroxylation is 1. The van der Waals surface area contributed by atoms with E-state index in [9.17, 15) is 9.90 Å². The first kappa shape index (κ1) is 14.5. The molecule has 1 amide bonds. The molecule has 4 heteroatoms. The Morgan fingerprint density at radius 3 is 2.61 bits per heavy atom. The van der Waals surface area contributed by atoms with Crippen LogP contribution in [-0.4, -0.2) is 23.7 Å². The normalized spacial score (nSPS) is 13.8. The molecule has 0 bridgehead atoms. The molecule has 0 heterocycles. The van der Waals surface area contributed by atoms with E-state index in [2.05, 4.69) is 5.32 Å². The Hall–Kier alpha value is -1.55. The van der Waals surface area contributed by atoms with E-state index in [0.717, 1.165) is 11.1 Å². The molecule has 0 spiro atoms. The van der Waals surface area contributed by atoms with Crippen LogP contribution in [-0.2, 0) is 4.79 Å². The highest BCUT2D eigenvalue weighted by Crippen LogP contribution is 2.23. The van der Waals surface area contributed by atoms with Gasteiger partial charge in [-0.2, -0.15) is 0 Å². The predicted octanol–water partition coefficient (Wildman–Crippen LogP) is 1.95. The molecule has 0 aromatic heterocycles. The van der Waals surface area contributed by atoms with E-state index in [1.54, 1.807) is 26.0 Å². The van der Waals surface area contributed by atoms with Crippen LogP contribution in [0.3, 0.4) is 0 Å². The van der Waals surface area contributed by atoms with Gasteiger partial charge in [0, 0.05) is 6.54 Å². The van der Waals surface area contributed by atoms with E-state index < -0.39 is 12.2 Å². The van der Waals surface area contributed by atoms with Gasteiger partial charge in [-0.1, -0.05) is 6.07 Å². The molecule has 1 rings (SSSR count). The van der Waals surface area contributed by atoms with Crippen molar-refractivity contribution in [2.45, 2.75) is 39.9 Å². The average Bonchev–Trinajstić information content (AvgIpc) is 2.31. The van der Waals surface area contributed by atoms with Crippen molar-refractivity contribution in [2.75, 3.05) is 6.54 Å². The molecule has 1 aromatic carbocycles. The van der Waals surface area contributed by atoms with Crippen LogP contribution in [0.25, 0.3) is 0 Å². The number of carbonyl (C=O) groups excluding carboxylic acids is 1. The first-order valence-electron chi connectivity index (χ1n) is 6.18. The van der Waals surface area contributed by atoms with Gasteiger partial charge in [-0.15, -0.1) is 0 Å². The third-order valence-electron chi connectivity index (χ3n) is 2.71. The monoisotopic (exact) mass is 251 g/mol. The summed E-state index contributed by atoms with van der Waals surface area (Å²) in [5.41, 5.74) is 1.75. The Kier molecular flexibility index (Phi) is 5.16. The summed E-state index contributed by atoms with van der Waals surface area (Å²) in [7, 11) is 0. The number of nitrogens with one attached hydrogen (secondary N) is 1. The minimum Gasteiger partial charge on any atom is -0.481 e. The molecule has 0 radical (unpaired) electrons. The fourth-order valence-electron chi connectivity index (χ4n) is 1.63. The predicted molar refractivity (Wildman–Crippen MR) is 70.6 cm³/mol. The lowest BCUT2D eigenvalue weighted by Crippen LogP contribution is -2.36. The summed E-state index contributed by atoms with van der Waals surface area (Å²) < 4.78 is 5.60. The van der Waals surface area contributed by atoms with E-state index in [-0.39, 0.29) is 5.91 Å². The van der Waals surface area contributed by atoms with Crippen LogP contribution in [0.15, 0.2) is 18.2 Å². The fraction of sp³-hybridized carbons (Fsp3) is 0.500. The first-order chi connectivity index (χ1) is 8.45. The highest BCUT2D eigenvalue weighted by molar-refractivity contribution is 5.80. The van der Waals surface area contributed by atoms with Gasteiger partial charge in [0.25, 0.3) is 5.91 Å². The molecule has 0 aliphatic heterocycles. The van der Waals surface area contributed by atoms with Crippen molar-refractivity contribution in [3.8, 4) is 5.75 Å². The molecule has 0 saturated heterocycles. The van der Waals surface area contributed by atoms with Crippen LogP contribution in [0.1, 0.15) is 38.0 Å². The van der Waals surface area contributed by atoms with Crippen LogP contribution in [0, 0.1) is 6.92 Å². The van der Waals surface area contributed by atoms with Crippen molar-refractivity contribution < 1.29 is 14.6 Å². The maximum Gasteiger partial charge on any atom is 0.260 e. The third-order valence-corrected chi connectivity index (χ3v) is 2.71. The largest absolute Gasteiger partial charge is 0.481 e. The smallest absolute Gasteiger partial charge is 0.260 e. The second-order valence-electron chi connectivity index (χ2n) is 4.36. The summed E-state index contributed by atoms with van der Waals surface area (Å²) in [5, 5.41) is 12.2. The van der Waals surface area contributed by atoms with E-state index in [1.807, 2.05) is 19.9 Å². The van der Waals surface area contributed by atoms with Gasteiger partial charge >= 0.3 is 0 Å². The van der Waals surface area contributed by atoms with Gasteiger partial charge in [0.15, 0.2) is 6.10 Å². The standard InChI is InChI=1S/C14H21NO3/c1-5-15-14(17)11(4)18-13-7-6-12(10(3)16)8-9(13)2/h6-8,10-11,16H,5H2,1-4H3,(H,15,17). The average molecular weight is 251 g/mol. The van der Waals surface area contributed by atoms with E-state index in [1.165, 1.54) is 0 Å². The maximum absolute atomic E-state index is 11.6. The van der Waals surface area contributed by atoms with Gasteiger partial charge in [-0.05, 0) is 51.0 Å². The number of ether oxygens (including phenoxy) is 1. The Bertz CT molecular complexity index is 416. The summed E-state index contributed by atoms with van der Waals surface area (Å²) in [6.07, 6.45) is -1.03. The van der Waals surface area contributed by atoms with Crippen molar-refractivity contribution >= 4 is 5.91 Å². The van der Waals surface area contributed by atoms with Crippen molar-refractivity contribution in [1.29, 1.82) is 0 Å².